The highest BCUT2D eigenvalue weighted by molar-refractivity contribution is 9.09. The molecule has 0 saturated heterocycles. The van der Waals surface area contributed by atoms with E-state index in [1.54, 1.807) is 6.07 Å². The summed E-state index contributed by atoms with van der Waals surface area (Å²) in [5.41, 5.74) is 2.08. The molecule has 2 unspecified atom stereocenters. The van der Waals surface area contributed by atoms with Crippen molar-refractivity contribution in [2.75, 3.05) is 6.54 Å². The fourth-order valence-electron chi connectivity index (χ4n) is 2.32. The first-order valence-corrected chi connectivity index (χ1v) is 7.22. The van der Waals surface area contributed by atoms with Crippen LogP contribution in [0.3, 0.4) is 0 Å². The molecule has 1 aromatic rings. The summed E-state index contributed by atoms with van der Waals surface area (Å²) in [5, 5.41) is 10.9. The first-order chi connectivity index (χ1) is 8.58. The summed E-state index contributed by atoms with van der Waals surface area (Å²) in [6.45, 7) is 4.38. The summed E-state index contributed by atoms with van der Waals surface area (Å²) in [7, 11) is 0. The molecule has 18 heavy (non-hydrogen) atoms. The van der Waals surface area contributed by atoms with Gasteiger partial charge in [-0.3, -0.25) is 4.79 Å². The third-order valence-electron chi connectivity index (χ3n) is 3.44. The van der Waals surface area contributed by atoms with Gasteiger partial charge in [-0.05, 0) is 38.7 Å². The Labute approximate surface area is 116 Å². The summed E-state index contributed by atoms with van der Waals surface area (Å²) in [6.07, 6.45) is 3.63. The molecule has 1 N–H and O–H groups in total. The van der Waals surface area contributed by atoms with Gasteiger partial charge in [0, 0.05) is 11.4 Å². The molecule has 1 heterocycles. The highest BCUT2D eigenvalue weighted by atomic mass is 79.9. The zero-order valence-corrected chi connectivity index (χ0v) is 12.3. The molecule has 1 fully saturated rings. The highest BCUT2D eigenvalue weighted by Crippen LogP contribution is 2.30. The third kappa shape index (κ3) is 3.07. The molecule has 0 spiro atoms. The quantitative estimate of drug-likeness (QED) is 0.872. The normalized spacial score (nSPS) is 23.1. The minimum Gasteiger partial charge on any atom is -0.352 e. The first-order valence-electron chi connectivity index (χ1n) is 6.31. The Hall–Kier alpha value is -0.970. The molecule has 1 aliphatic carbocycles. The maximum absolute atomic E-state index is 12.1. The number of nitrogens with one attached hydrogen (secondary N) is 1. The van der Waals surface area contributed by atoms with Crippen molar-refractivity contribution in [3.8, 4) is 0 Å². The molecule has 0 aliphatic heterocycles. The van der Waals surface area contributed by atoms with Crippen LogP contribution in [-0.4, -0.2) is 27.5 Å². The number of hydrogen-bond donors (Lipinski definition) is 1. The lowest BCUT2D eigenvalue weighted by Gasteiger charge is -2.15. The first kappa shape index (κ1) is 13.5. The fourth-order valence-corrected chi connectivity index (χ4v) is 3.10. The Morgan fingerprint density at radius 3 is 2.89 bits per heavy atom. The monoisotopic (exact) mass is 311 g/mol. The Kier molecular flexibility index (Phi) is 4.32. The van der Waals surface area contributed by atoms with Crippen LogP contribution in [-0.2, 0) is 0 Å². The van der Waals surface area contributed by atoms with E-state index in [-0.39, 0.29) is 5.91 Å². The number of rotatable bonds is 3. The molecule has 98 valence electrons. The summed E-state index contributed by atoms with van der Waals surface area (Å²) in [6, 6.07) is 1.79. The average molecular weight is 312 g/mol. The van der Waals surface area contributed by atoms with E-state index in [9.17, 15) is 4.79 Å². The summed E-state index contributed by atoms with van der Waals surface area (Å²) in [5.74, 6) is 0.502. The summed E-state index contributed by atoms with van der Waals surface area (Å²) < 4.78 is 0. The third-order valence-corrected chi connectivity index (χ3v) is 4.64. The summed E-state index contributed by atoms with van der Waals surface area (Å²) >= 11 is 3.66. The maximum atomic E-state index is 12.1. The van der Waals surface area contributed by atoms with Gasteiger partial charge in [0.25, 0.3) is 5.91 Å². The zero-order valence-electron chi connectivity index (χ0n) is 10.7. The minimum atomic E-state index is -0.0444. The standard InChI is InChI=1S/C13H18BrN3O/c1-8-6-11(9(2)17-16-8)13(18)15-7-10-4-3-5-12(10)14/h6,10,12H,3-5,7H2,1-2H3,(H,15,18). The maximum Gasteiger partial charge on any atom is 0.253 e. The fraction of sp³-hybridized carbons (Fsp3) is 0.615. The van der Waals surface area contributed by atoms with E-state index in [0.717, 1.165) is 12.2 Å². The SMILES string of the molecule is Cc1cc(C(=O)NCC2CCCC2Br)c(C)nn1. The van der Waals surface area contributed by atoms with Crippen LogP contribution in [0.15, 0.2) is 6.07 Å². The second kappa shape index (κ2) is 5.78. The van der Waals surface area contributed by atoms with Crippen molar-refractivity contribution < 1.29 is 4.79 Å². The van der Waals surface area contributed by atoms with E-state index in [1.165, 1.54) is 19.3 Å². The van der Waals surface area contributed by atoms with Gasteiger partial charge >= 0.3 is 0 Å². The largest absolute Gasteiger partial charge is 0.352 e. The zero-order chi connectivity index (χ0) is 13.1. The van der Waals surface area contributed by atoms with Crippen molar-refractivity contribution in [3.05, 3.63) is 23.0 Å². The van der Waals surface area contributed by atoms with Crippen molar-refractivity contribution in [1.29, 1.82) is 0 Å². The van der Waals surface area contributed by atoms with Gasteiger partial charge in [0.15, 0.2) is 0 Å². The van der Waals surface area contributed by atoms with Crippen LogP contribution in [0, 0.1) is 19.8 Å². The second-order valence-electron chi connectivity index (χ2n) is 4.90. The number of aryl methyl sites for hydroxylation is 2. The van der Waals surface area contributed by atoms with Crippen LogP contribution >= 0.6 is 15.9 Å². The minimum absolute atomic E-state index is 0.0444. The summed E-state index contributed by atoms with van der Waals surface area (Å²) in [4.78, 5) is 12.6. The molecule has 0 radical (unpaired) electrons. The van der Waals surface area contributed by atoms with Crippen LogP contribution in [0.25, 0.3) is 0 Å². The molecule has 1 saturated carbocycles. The van der Waals surface area contributed by atoms with Crippen LogP contribution in [0.5, 0.6) is 0 Å². The van der Waals surface area contributed by atoms with Gasteiger partial charge in [0.05, 0.1) is 17.0 Å². The number of nitrogens with zero attached hydrogens (tertiary/aromatic N) is 2. The number of alkyl halides is 1. The predicted molar refractivity (Wildman–Crippen MR) is 73.9 cm³/mol. The van der Waals surface area contributed by atoms with E-state index in [4.69, 9.17) is 0 Å². The van der Waals surface area contributed by atoms with Gasteiger partial charge in [-0.25, -0.2) is 0 Å². The predicted octanol–water partition coefficient (Wildman–Crippen LogP) is 2.39. The molecule has 5 heteroatoms. The Morgan fingerprint density at radius 2 is 2.22 bits per heavy atom. The lowest BCUT2D eigenvalue weighted by Crippen LogP contribution is -2.31. The Morgan fingerprint density at radius 1 is 1.44 bits per heavy atom. The van der Waals surface area contributed by atoms with Gasteiger partial charge < -0.3 is 5.32 Å². The van der Waals surface area contributed by atoms with Crippen molar-refractivity contribution in [1.82, 2.24) is 15.5 Å². The van der Waals surface area contributed by atoms with Gasteiger partial charge in [0.2, 0.25) is 0 Å². The molecule has 1 amide bonds. The molecular formula is C13H18BrN3O. The molecule has 2 rings (SSSR count). The van der Waals surface area contributed by atoms with Gasteiger partial charge in [-0.1, -0.05) is 22.4 Å². The molecular weight excluding hydrogens is 294 g/mol. The van der Waals surface area contributed by atoms with E-state index in [0.29, 0.717) is 22.0 Å². The Balaban J connectivity index is 1.97. The van der Waals surface area contributed by atoms with Gasteiger partial charge in [-0.15, -0.1) is 0 Å². The molecule has 0 aromatic carbocycles. The smallest absolute Gasteiger partial charge is 0.253 e. The topological polar surface area (TPSA) is 54.9 Å². The van der Waals surface area contributed by atoms with E-state index >= 15 is 0 Å². The number of carbonyl (C=O) groups excluding carboxylic acids is 1. The number of aromatic nitrogens is 2. The van der Waals surface area contributed by atoms with E-state index in [2.05, 4.69) is 31.4 Å². The molecule has 0 bridgehead atoms. The molecule has 1 aromatic heterocycles. The van der Waals surface area contributed by atoms with Crippen molar-refractivity contribution >= 4 is 21.8 Å². The number of halogens is 1. The number of carbonyl (C=O) groups is 1. The Bertz CT molecular complexity index is 450. The van der Waals surface area contributed by atoms with Crippen LogP contribution < -0.4 is 5.32 Å². The molecule has 1 aliphatic rings. The second-order valence-corrected chi connectivity index (χ2v) is 6.08. The van der Waals surface area contributed by atoms with E-state index < -0.39 is 0 Å². The van der Waals surface area contributed by atoms with E-state index in [1.807, 2.05) is 13.8 Å². The van der Waals surface area contributed by atoms with Crippen molar-refractivity contribution in [3.63, 3.8) is 0 Å². The van der Waals surface area contributed by atoms with Gasteiger partial charge in [0.1, 0.15) is 0 Å². The number of amides is 1. The average Bonchev–Trinajstić information content (AvgIpc) is 2.75. The molecule has 2 atom stereocenters. The van der Waals surface area contributed by atoms with Crippen LogP contribution in [0.2, 0.25) is 0 Å². The lowest BCUT2D eigenvalue weighted by atomic mass is 10.1. The van der Waals surface area contributed by atoms with Crippen LogP contribution in [0.4, 0.5) is 0 Å². The van der Waals surface area contributed by atoms with Gasteiger partial charge in [-0.2, -0.15) is 10.2 Å². The van der Waals surface area contributed by atoms with Crippen LogP contribution in [0.1, 0.15) is 41.0 Å². The van der Waals surface area contributed by atoms with Crippen molar-refractivity contribution in [2.45, 2.75) is 37.9 Å². The van der Waals surface area contributed by atoms with Crippen molar-refractivity contribution in [2.24, 2.45) is 5.92 Å². The highest BCUT2D eigenvalue weighted by Gasteiger charge is 2.25. The molecule has 4 nitrogen and oxygen atoms in total. The lowest BCUT2D eigenvalue weighted by molar-refractivity contribution is 0.0946. The number of hydrogen-bond acceptors (Lipinski definition) is 3.